The van der Waals surface area contributed by atoms with E-state index >= 15 is 0 Å². The SMILES string of the molecule is CCc1cc(C(=O)Nc2cc(C(F)(F)F)ccc2Oc2cccc(OC)c2)sc1C. The van der Waals surface area contributed by atoms with Crippen molar-refractivity contribution in [2.45, 2.75) is 26.4 Å². The molecular weight excluding hydrogens is 415 g/mol. The third-order valence-electron chi connectivity index (χ3n) is 4.45. The lowest BCUT2D eigenvalue weighted by Gasteiger charge is -2.15. The summed E-state index contributed by atoms with van der Waals surface area (Å²) in [7, 11) is 1.50. The lowest BCUT2D eigenvalue weighted by atomic mass is 10.1. The van der Waals surface area contributed by atoms with Crippen LogP contribution in [0.25, 0.3) is 0 Å². The predicted molar refractivity (Wildman–Crippen MR) is 111 cm³/mol. The molecule has 1 amide bonds. The van der Waals surface area contributed by atoms with Crippen molar-refractivity contribution in [2.75, 3.05) is 12.4 Å². The van der Waals surface area contributed by atoms with Crippen LogP contribution >= 0.6 is 11.3 Å². The highest BCUT2D eigenvalue weighted by atomic mass is 32.1. The molecule has 8 heteroatoms. The van der Waals surface area contributed by atoms with E-state index in [2.05, 4.69) is 5.32 Å². The van der Waals surface area contributed by atoms with Crippen molar-refractivity contribution in [3.05, 3.63) is 69.4 Å². The van der Waals surface area contributed by atoms with Gasteiger partial charge in [0.25, 0.3) is 5.91 Å². The molecule has 1 aromatic heterocycles. The second-order valence-corrected chi connectivity index (χ2v) is 7.75. The van der Waals surface area contributed by atoms with E-state index in [4.69, 9.17) is 9.47 Å². The fourth-order valence-electron chi connectivity index (χ4n) is 2.85. The maximum atomic E-state index is 13.2. The van der Waals surface area contributed by atoms with Crippen molar-refractivity contribution in [1.82, 2.24) is 0 Å². The van der Waals surface area contributed by atoms with E-state index < -0.39 is 17.6 Å². The highest BCUT2D eigenvalue weighted by Gasteiger charge is 2.31. The largest absolute Gasteiger partial charge is 0.497 e. The molecule has 0 bridgehead atoms. The molecule has 0 aliphatic rings. The van der Waals surface area contributed by atoms with E-state index in [-0.39, 0.29) is 11.4 Å². The van der Waals surface area contributed by atoms with E-state index in [0.717, 1.165) is 29.0 Å². The Morgan fingerprint density at radius 3 is 2.47 bits per heavy atom. The number of thiophene rings is 1. The van der Waals surface area contributed by atoms with Gasteiger partial charge in [0.05, 0.1) is 23.2 Å². The Bertz CT molecular complexity index is 1060. The second-order valence-electron chi connectivity index (χ2n) is 6.49. The molecule has 158 valence electrons. The zero-order chi connectivity index (χ0) is 21.9. The normalized spacial score (nSPS) is 11.3. The van der Waals surface area contributed by atoms with Crippen molar-refractivity contribution in [3.8, 4) is 17.2 Å². The van der Waals surface area contributed by atoms with Crippen molar-refractivity contribution in [3.63, 3.8) is 0 Å². The summed E-state index contributed by atoms with van der Waals surface area (Å²) in [4.78, 5) is 14.1. The van der Waals surface area contributed by atoms with Gasteiger partial charge in [0, 0.05) is 10.9 Å². The minimum absolute atomic E-state index is 0.0678. The third kappa shape index (κ3) is 4.94. The average molecular weight is 435 g/mol. The zero-order valence-corrected chi connectivity index (χ0v) is 17.4. The first-order valence-electron chi connectivity index (χ1n) is 9.15. The van der Waals surface area contributed by atoms with Crippen LogP contribution in [-0.4, -0.2) is 13.0 Å². The summed E-state index contributed by atoms with van der Waals surface area (Å²) >= 11 is 1.30. The number of methoxy groups -OCH3 is 1. The number of alkyl halides is 3. The number of hydrogen-bond donors (Lipinski definition) is 1. The number of carbonyl (C=O) groups is 1. The molecule has 1 heterocycles. The summed E-state index contributed by atoms with van der Waals surface area (Å²) in [6.07, 6.45) is -3.79. The fourth-order valence-corrected chi connectivity index (χ4v) is 3.86. The molecule has 0 atom stereocenters. The summed E-state index contributed by atoms with van der Waals surface area (Å²) < 4.78 is 50.5. The zero-order valence-electron chi connectivity index (χ0n) is 16.6. The number of rotatable bonds is 6. The van der Waals surface area contributed by atoms with Crippen LogP contribution in [0.1, 0.15) is 32.6 Å². The summed E-state index contributed by atoms with van der Waals surface area (Å²) in [5.41, 5.74) is 0.0798. The quantitative estimate of drug-likeness (QED) is 0.469. The minimum atomic E-state index is -4.55. The number of benzene rings is 2. The van der Waals surface area contributed by atoms with Gasteiger partial charge in [0.1, 0.15) is 11.5 Å². The van der Waals surface area contributed by atoms with Crippen molar-refractivity contribution in [2.24, 2.45) is 0 Å². The Balaban J connectivity index is 1.95. The van der Waals surface area contributed by atoms with Crippen LogP contribution in [-0.2, 0) is 12.6 Å². The first kappa shape index (κ1) is 21.7. The van der Waals surface area contributed by atoms with Crippen LogP contribution in [0.15, 0.2) is 48.5 Å². The first-order valence-corrected chi connectivity index (χ1v) is 9.96. The maximum Gasteiger partial charge on any atom is 0.416 e. The summed E-state index contributed by atoms with van der Waals surface area (Å²) in [5.74, 6) is 0.502. The van der Waals surface area contributed by atoms with Crippen LogP contribution < -0.4 is 14.8 Å². The molecular formula is C22H20F3NO3S. The van der Waals surface area contributed by atoms with E-state index in [0.29, 0.717) is 16.4 Å². The minimum Gasteiger partial charge on any atom is -0.497 e. The van der Waals surface area contributed by atoms with Crippen LogP contribution in [0, 0.1) is 6.92 Å². The standard InChI is InChI=1S/C22H20F3NO3S/c1-4-14-10-20(30-13(14)2)21(27)26-18-11-15(22(23,24)25)8-9-19(18)29-17-7-5-6-16(12-17)28-3/h5-12H,4H2,1-3H3,(H,26,27). The number of hydrogen-bond acceptors (Lipinski definition) is 4. The van der Waals surface area contributed by atoms with Crippen LogP contribution in [0.4, 0.5) is 18.9 Å². The maximum absolute atomic E-state index is 13.2. The molecule has 0 aliphatic heterocycles. The topological polar surface area (TPSA) is 47.6 Å². The summed E-state index contributed by atoms with van der Waals surface area (Å²) in [6.45, 7) is 3.88. The Morgan fingerprint density at radius 1 is 1.10 bits per heavy atom. The predicted octanol–water partition coefficient (Wildman–Crippen LogP) is 6.69. The molecule has 0 aliphatic carbocycles. The van der Waals surface area contributed by atoms with Crippen molar-refractivity contribution >= 4 is 22.9 Å². The molecule has 4 nitrogen and oxygen atoms in total. The van der Waals surface area contributed by atoms with E-state index in [1.165, 1.54) is 24.5 Å². The molecule has 2 aromatic carbocycles. The Kier molecular flexibility index (Phi) is 6.36. The average Bonchev–Trinajstić information content (AvgIpc) is 3.09. The third-order valence-corrected chi connectivity index (χ3v) is 5.54. The van der Waals surface area contributed by atoms with Gasteiger partial charge in [-0.15, -0.1) is 11.3 Å². The molecule has 3 rings (SSSR count). The number of anilines is 1. The van der Waals surface area contributed by atoms with Gasteiger partial charge in [-0.25, -0.2) is 0 Å². The highest BCUT2D eigenvalue weighted by molar-refractivity contribution is 7.14. The lowest BCUT2D eigenvalue weighted by molar-refractivity contribution is -0.137. The first-order chi connectivity index (χ1) is 14.2. The van der Waals surface area contributed by atoms with Gasteiger partial charge in [-0.3, -0.25) is 4.79 Å². The van der Waals surface area contributed by atoms with E-state index in [1.54, 1.807) is 30.3 Å². The van der Waals surface area contributed by atoms with E-state index in [9.17, 15) is 18.0 Å². The van der Waals surface area contributed by atoms with Gasteiger partial charge in [-0.2, -0.15) is 13.2 Å². The molecule has 0 unspecified atom stereocenters. The number of ether oxygens (including phenoxy) is 2. The summed E-state index contributed by atoms with van der Waals surface area (Å²) in [6, 6.07) is 11.4. The second kappa shape index (κ2) is 8.79. The van der Waals surface area contributed by atoms with Gasteiger partial charge >= 0.3 is 6.18 Å². The van der Waals surface area contributed by atoms with Crippen molar-refractivity contribution < 1.29 is 27.4 Å². The molecule has 1 N–H and O–H groups in total. The Morgan fingerprint density at radius 2 is 1.83 bits per heavy atom. The molecule has 30 heavy (non-hydrogen) atoms. The van der Waals surface area contributed by atoms with Crippen LogP contribution in [0.3, 0.4) is 0 Å². The number of carbonyl (C=O) groups excluding carboxylic acids is 1. The van der Waals surface area contributed by atoms with Gasteiger partial charge in [-0.1, -0.05) is 13.0 Å². The van der Waals surface area contributed by atoms with Crippen LogP contribution in [0.5, 0.6) is 17.2 Å². The molecule has 0 fully saturated rings. The molecule has 0 radical (unpaired) electrons. The number of amides is 1. The number of aryl methyl sites for hydroxylation is 2. The Hall–Kier alpha value is -3.00. The molecule has 0 saturated heterocycles. The highest BCUT2D eigenvalue weighted by Crippen LogP contribution is 2.38. The molecule has 3 aromatic rings. The summed E-state index contributed by atoms with van der Waals surface area (Å²) in [5, 5.41) is 2.57. The fraction of sp³-hybridized carbons (Fsp3) is 0.227. The molecule has 0 saturated carbocycles. The monoisotopic (exact) mass is 435 g/mol. The van der Waals surface area contributed by atoms with Gasteiger partial charge in [-0.05, 0) is 55.3 Å². The van der Waals surface area contributed by atoms with Crippen molar-refractivity contribution in [1.29, 1.82) is 0 Å². The van der Waals surface area contributed by atoms with Gasteiger partial charge < -0.3 is 14.8 Å². The van der Waals surface area contributed by atoms with E-state index in [1.807, 2.05) is 13.8 Å². The Labute approximate surface area is 176 Å². The van der Waals surface area contributed by atoms with Gasteiger partial charge in [0.2, 0.25) is 0 Å². The van der Waals surface area contributed by atoms with Crippen LogP contribution in [0.2, 0.25) is 0 Å². The number of halogens is 3. The molecule has 0 spiro atoms. The van der Waals surface area contributed by atoms with Gasteiger partial charge in [0.15, 0.2) is 5.75 Å². The lowest BCUT2D eigenvalue weighted by Crippen LogP contribution is -2.13. The number of nitrogens with one attached hydrogen (secondary N) is 1. The smallest absolute Gasteiger partial charge is 0.416 e.